The van der Waals surface area contributed by atoms with E-state index in [0.717, 1.165) is 6.54 Å². The summed E-state index contributed by atoms with van der Waals surface area (Å²) in [5.74, 6) is 0.156. The van der Waals surface area contributed by atoms with Crippen LogP contribution in [-0.4, -0.2) is 48.6 Å². The van der Waals surface area contributed by atoms with E-state index in [1.165, 1.54) is 25.7 Å². The molecule has 2 N–H and O–H groups in total. The molecule has 3 unspecified atom stereocenters. The van der Waals surface area contributed by atoms with Crippen molar-refractivity contribution in [3.05, 3.63) is 0 Å². The van der Waals surface area contributed by atoms with Gasteiger partial charge in [-0.15, -0.1) is 0 Å². The molecule has 98 valence electrons. The van der Waals surface area contributed by atoms with Crippen LogP contribution in [0.3, 0.4) is 0 Å². The Hall–Kier alpha value is -0.610. The molecule has 2 fully saturated rings. The van der Waals surface area contributed by atoms with E-state index >= 15 is 0 Å². The van der Waals surface area contributed by atoms with E-state index in [2.05, 4.69) is 22.5 Å². The summed E-state index contributed by atoms with van der Waals surface area (Å²) in [6.45, 7) is 5.26. The Morgan fingerprint density at radius 3 is 2.41 bits per heavy atom. The Balaban J connectivity index is 2.01. The Kier molecular flexibility index (Phi) is 4.05. The second kappa shape index (κ2) is 5.36. The first kappa shape index (κ1) is 12.8. The number of hydrogen-bond donors (Lipinski definition) is 2. The number of nitrogens with one attached hydrogen (secondary N) is 2. The Bertz CT molecular complexity index is 268. The smallest absolute Gasteiger partial charge is 0.236 e. The first-order valence-corrected chi connectivity index (χ1v) is 6.89. The van der Waals surface area contributed by atoms with Crippen molar-refractivity contribution < 1.29 is 4.79 Å². The van der Waals surface area contributed by atoms with E-state index < -0.39 is 0 Å². The van der Waals surface area contributed by atoms with Crippen LogP contribution in [0.25, 0.3) is 0 Å². The highest BCUT2D eigenvalue weighted by Gasteiger charge is 2.43. The van der Waals surface area contributed by atoms with Crippen molar-refractivity contribution in [1.29, 1.82) is 0 Å². The van der Waals surface area contributed by atoms with Gasteiger partial charge in [0, 0.05) is 25.2 Å². The summed E-state index contributed by atoms with van der Waals surface area (Å²) in [5.41, 5.74) is 0. The minimum absolute atomic E-state index is 0.0278. The van der Waals surface area contributed by atoms with Crippen molar-refractivity contribution in [3.8, 4) is 0 Å². The van der Waals surface area contributed by atoms with Gasteiger partial charge in [-0.3, -0.25) is 9.69 Å². The molecular formula is C13H25N3O. The molecule has 0 saturated carbocycles. The van der Waals surface area contributed by atoms with E-state index in [9.17, 15) is 4.79 Å². The maximum atomic E-state index is 11.8. The van der Waals surface area contributed by atoms with Crippen LogP contribution in [0.1, 0.15) is 39.5 Å². The maximum absolute atomic E-state index is 11.8. The van der Waals surface area contributed by atoms with Crippen LogP contribution in [-0.2, 0) is 4.79 Å². The third-order valence-electron chi connectivity index (χ3n) is 4.36. The second-order valence-corrected chi connectivity index (χ2v) is 5.35. The lowest BCUT2D eigenvalue weighted by Gasteiger charge is -2.42. The lowest BCUT2D eigenvalue weighted by Crippen LogP contribution is -2.55. The molecule has 0 radical (unpaired) electrons. The fourth-order valence-electron chi connectivity index (χ4n) is 3.65. The molecule has 0 aromatic heterocycles. The summed E-state index contributed by atoms with van der Waals surface area (Å²) >= 11 is 0. The van der Waals surface area contributed by atoms with Crippen molar-refractivity contribution in [1.82, 2.24) is 15.5 Å². The van der Waals surface area contributed by atoms with Crippen LogP contribution in [0.2, 0.25) is 0 Å². The van der Waals surface area contributed by atoms with Gasteiger partial charge in [0.25, 0.3) is 0 Å². The largest absolute Gasteiger partial charge is 0.358 e. The van der Waals surface area contributed by atoms with Crippen LogP contribution in [0.5, 0.6) is 0 Å². The average molecular weight is 239 g/mol. The zero-order valence-corrected chi connectivity index (χ0v) is 11.2. The topological polar surface area (TPSA) is 44.4 Å². The second-order valence-electron chi connectivity index (χ2n) is 5.35. The van der Waals surface area contributed by atoms with E-state index in [1.54, 1.807) is 7.05 Å². The monoisotopic (exact) mass is 239 g/mol. The van der Waals surface area contributed by atoms with Gasteiger partial charge in [0.05, 0.1) is 6.04 Å². The van der Waals surface area contributed by atoms with E-state index in [0.29, 0.717) is 18.1 Å². The quantitative estimate of drug-likeness (QED) is 0.760. The minimum Gasteiger partial charge on any atom is -0.358 e. The number of carbonyl (C=O) groups is 1. The molecule has 0 spiro atoms. The van der Waals surface area contributed by atoms with Crippen molar-refractivity contribution in [2.75, 3.05) is 13.6 Å². The lowest BCUT2D eigenvalue weighted by atomic mass is 9.95. The van der Waals surface area contributed by atoms with Crippen LogP contribution >= 0.6 is 0 Å². The predicted octanol–water partition coefficient (Wildman–Crippen LogP) is 0.726. The van der Waals surface area contributed by atoms with Gasteiger partial charge < -0.3 is 10.6 Å². The van der Waals surface area contributed by atoms with Gasteiger partial charge >= 0.3 is 0 Å². The van der Waals surface area contributed by atoms with Crippen molar-refractivity contribution in [2.24, 2.45) is 0 Å². The normalized spacial score (nSPS) is 34.6. The Labute approximate surface area is 104 Å². The third-order valence-corrected chi connectivity index (χ3v) is 4.36. The highest BCUT2D eigenvalue weighted by molar-refractivity contribution is 5.81. The summed E-state index contributed by atoms with van der Waals surface area (Å²) < 4.78 is 0. The van der Waals surface area contributed by atoms with Crippen molar-refractivity contribution in [2.45, 2.75) is 63.7 Å². The fraction of sp³-hybridized carbons (Fsp3) is 0.923. The van der Waals surface area contributed by atoms with Gasteiger partial charge in [-0.25, -0.2) is 0 Å². The molecule has 2 heterocycles. The predicted molar refractivity (Wildman–Crippen MR) is 68.9 cm³/mol. The van der Waals surface area contributed by atoms with E-state index in [1.807, 2.05) is 6.92 Å². The molecule has 0 aromatic rings. The number of carbonyl (C=O) groups excluding carboxylic acids is 1. The third kappa shape index (κ3) is 2.47. The van der Waals surface area contributed by atoms with Gasteiger partial charge in [-0.2, -0.15) is 0 Å². The van der Waals surface area contributed by atoms with Crippen molar-refractivity contribution in [3.63, 3.8) is 0 Å². The molecule has 4 nitrogen and oxygen atoms in total. The molecule has 0 aliphatic carbocycles. The summed E-state index contributed by atoms with van der Waals surface area (Å²) in [4.78, 5) is 14.2. The van der Waals surface area contributed by atoms with Crippen LogP contribution < -0.4 is 10.6 Å². The average Bonchev–Trinajstić information content (AvgIpc) is 2.59. The van der Waals surface area contributed by atoms with Crippen LogP contribution in [0.4, 0.5) is 0 Å². The standard InChI is InChI=1S/C13H25N3O/c1-4-15-10-7-11-5-6-12(8-10)16(11)9(2)13(17)14-3/h9-12,15H,4-8H2,1-3H3,(H,14,17). The van der Waals surface area contributed by atoms with Gasteiger partial charge in [0.15, 0.2) is 0 Å². The molecule has 2 aliphatic rings. The van der Waals surface area contributed by atoms with Crippen molar-refractivity contribution >= 4 is 5.91 Å². The highest BCUT2D eigenvalue weighted by atomic mass is 16.2. The Morgan fingerprint density at radius 1 is 1.35 bits per heavy atom. The summed E-state index contributed by atoms with van der Waals surface area (Å²) in [7, 11) is 1.73. The SMILES string of the molecule is CCNC1CC2CCC(C1)N2C(C)C(=O)NC. The number of rotatable bonds is 4. The van der Waals surface area contributed by atoms with Gasteiger partial charge in [-0.1, -0.05) is 6.92 Å². The summed E-state index contributed by atoms with van der Waals surface area (Å²) in [5, 5.41) is 6.33. The molecule has 2 bridgehead atoms. The maximum Gasteiger partial charge on any atom is 0.236 e. The molecule has 3 atom stereocenters. The zero-order chi connectivity index (χ0) is 12.4. The van der Waals surface area contributed by atoms with Gasteiger partial charge in [0.1, 0.15) is 0 Å². The summed E-state index contributed by atoms with van der Waals surface area (Å²) in [6.07, 6.45) is 4.92. The first-order chi connectivity index (χ1) is 8.17. The number of hydrogen-bond acceptors (Lipinski definition) is 3. The van der Waals surface area contributed by atoms with Crippen LogP contribution in [0, 0.1) is 0 Å². The molecule has 1 amide bonds. The molecule has 2 saturated heterocycles. The highest BCUT2D eigenvalue weighted by Crippen LogP contribution is 2.37. The molecule has 2 aliphatic heterocycles. The molecular weight excluding hydrogens is 214 g/mol. The van der Waals surface area contributed by atoms with Gasteiger partial charge in [-0.05, 0) is 39.2 Å². The molecule has 2 rings (SSSR count). The van der Waals surface area contributed by atoms with E-state index in [4.69, 9.17) is 0 Å². The molecule has 0 aromatic carbocycles. The molecule has 4 heteroatoms. The van der Waals surface area contributed by atoms with Gasteiger partial charge in [0.2, 0.25) is 5.91 Å². The lowest BCUT2D eigenvalue weighted by molar-refractivity contribution is -0.127. The summed E-state index contributed by atoms with van der Waals surface area (Å²) in [6, 6.07) is 1.89. The van der Waals surface area contributed by atoms with Crippen LogP contribution in [0.15, 0.2) is 0 Å². The van der Waals surface area contributed by atoms with E-state index in [-0.39, 0.29) is 11.9 Å². The number of amides is 1. The number of likely N-dealkylation sites (N-methyl/N-ethyl adjacent to an activating group) is 1. The Morgan fingerprint density at radius 2 is 1.94 bits per heavy atom. The number of piperidine rings is 1. The minimum atomic E-state index is 0.0278. The first-order valence-electron chi connectivity index (χ1n) is 6.89. The fourth-order valence-corrected chi connectivity index (χ4v) is 3.65. The number of nitrogens with zero attached hydrogens (tertiary/aromatic N) is 1. The zero-order valence-electron chi connectivity index (χ0n) is 11.2. The molecule has 17 heavy (non-hydrogen) atoms. The number of fused-ring (bicyclic) bond motifs is 2.